The van der Waals surface area contributed by atoms with E-state index in [9.17, 15) is 0 Å². The van der Waals surface area contributed by atoms with E-state index in [2.05, 4.69) is 57.3 Å². The first kappa shape index (κ1) is 15.5. The van der Waals surface area contributed by atoms with Gasteiger partial charge in [-0.3, -0.25) is 0 Å². The maximum atomic E-state index is 5.81. The summed E-state index contributed by atoms with van der Waals surface area (Å²) >= 11 is 0. The highest BCUT2D eigenvalue weighted by atomic mass is 16.5. The van der Waals surface area contributed by atoms with Crippen LogP contribution in [0.25, 0.3) is 0 Å². The smallest absolute Gasteiger partial charge is 0.0641 e. The number of aryl methyl sites for hydroxylation is 1. The van der Waals surface area contributed by atoms with Crippen molar-refractivity contribution >= 4 is 0 Å². The lowest BCUT2D eigenvalue weighted by Gasteiger charge is -2.37. The third-order valence-electron chi connectivity index (χ3n) is 4.33. The molecule has 20 heavy (non-hydrogen) atoms. The zero-order chi connectivity index (χ0) is 14.6. The Morgan fingerprint density at radius 3 is 2.50 bits per heavy atom. The lowest BCUT2D eigenvalue weighted by Crippen LogP contribution is -2.44. The molecule has 1 aliphatic heterocycles. The fraction of sp³-hybridized carbons (Fsp3) is 0.667. The van der Waals surface area contributed by atoms with E-state index < -0.39 is 0 Å². The molecule has 2 heteroatoms. The van der Waals surface area contributed by atoms with Crippen LogP contribution in [0.15, 0.2) is 24.3 Å². The van der Waals surface area contributed by atoms with E-state index in [-0.39, 0.29) is 5.60 Å². The quantitative estimate of drug-likeness (QED) is 0.867. The van der Waals surface area contributed by atoms with Crippen LogP contribution >= 0.6 is 0 Å². The summed E-state index contributed by atoms with van der Waals surface area (Å²) in [7, 11) is 0. The van der Waals surface area contributed by atoms with Gasteiger partial charge in [-0.15, -0.1) is 0 Å². The zero-order valence-corrected chi connectivity index (χ0v) is 13.4. The molecule has 0 spiro atoms. The lowest BCUT2D eigenvalue weighted by molar-refractivity contribution is -0.0642. The SMILES string of the molecule is CCc1ccc(C(CC)NC2CCOC(C)(C)C2)cc1. The van der Waals surface area contributed by atoms with Crippen molar-refractivity contribution in [2.45, 2.75) is 71.1 Å². The predicted molar refractivity (Wildman–Crippen MR) is 85.0 cm³/mol. The van der Waals surface area contributed by atoms with E-state index >= 15 is 0 Å². The van der Waals surface area contributed by atoms with E-state index in [0.29, 0.717) is 12.1 Å². The Bertz CT molecular complexity index is 410. The number of hydrogen-bond acceptors (Lipinski definition) is 2. The molecule has 0 saturated carbocycles. The van der Waals surface area contributed by atoms with Gasteiger partial charge in [0.2, 0.25) is 0 Å². The second kappa shape index (κ2) is 6.73. The van der Waals surface area contributed by atoms with Crippen LogP contribution in [-0.2, 0) is 11.2 Å². The van der Waals surface area contributed by atoms with Gasteiger partial charge in [-0.1, -0.05) is 38.1 Å². The van der Waals surface area contributed by atoms with Gasteiger partial charge in [0.05, 0.1) is 5.60 Å². The van der Waals surface area contributed by atoms with Crippen LogP contribution in [-0.4, -0.2) is 18.2 Å². The number of hydrogen-bond donors (Lipinski definition) is 1. The summed E-state index contributed by atoms with van der Waals surface area (Å²) in [5, 5.41) is 3.84. The first-order valence-electron chi connectivity index (χ1n) is 8.03. The Morgan fingerprint density at radius 2 is 1.95 bits per heavy atom. The van der Waals surface area contributed by atoms with Crippen LogP contribution < -0.4 is 5.32 Å². The first-order chi connectivity index (χ1) is 9.54. The predicted octanol–water partition coefficient (Wildman–Crippen LogP) is 4.25. The number of ether oxygens (including phenoxy) is 1. The standard InChI is InChI=1S/C18H29NO/c1-5-14-7-9-15(10-8-14)17(6-2)19-16-11-12-20-18(3,4)13-16/h7-10,16-17,19H,5-6,11-13H2,1-4H3. The van der Waals surface area contributed by atoms with E-state index in [0.717, 1.165) is 32.3 Å². The molecule has 1 heterocycles. The van der Waals surface area contributed by atoms with Crippen molar-refractivity contribution in [1.29, 1.82) is 0 Å². The van der Waals surface area contributed by atoms with E-state index in [4.69, 9.17) is 4.74 Å². The van der Waals surface area contributed by atoms with Crippen molar-refractivity contribution in [1.82, 2.24) is 5.32 Å². The average Bonchev–Trinajstić information content (AvgIpc) is 2.44. The van der Waals surface area contributed by atoms with Crippen LogP contribution in [0.3, 0.4) is 0 Å². The molecule has 0 aliphatic carbocycles. The van der Waals surface area contributed by atoms with Gasteiger partial charge in [0, 0.05) is 18.7 Å². The van der Waals surface area contributed by atoms with Gasteiger partial charge >= 0.3 is 0 Å². The van der Waals surface area contributed by atoms with Gasteiger partial charge in [-0.2, -0.15) is 0 Å². The molecule has 1 aromatic carbocycles. The minimum atomic E-state index is 0.0142. The fourth-order valence-electron chi connectivity index (χ4n) is 3.09. The second-order valence-corrected chi connectivity index (χ2v) is 6.52. The second-order valence-electron chi connectivity index (χ2n) is 6.52. The number of rotatable bonds is 5. The largest absolute Gasteiger partial charge is 0.375 e. The first-order valence-corrected chi connectivity index (χ1v) is 8.03. The summed E-state index contributed by atoms with van der Waals surface area (Å²) in [6.45, 7) is 9.72. The Morgan fingerprint density at radius 1 is 1.25 bits per heavy atom. The molecule has 2 atom stereocenters. The molecule has 1 aliphatic rings. The van der Waals surface area contributed by atoms with Crippen LogP contribution in [0.5, 0.6) is 0 Å². The molecule has 1 fully saturated rings. The molecule has 1 N–H and O–H groups in total. The van der Waals surface area contributed by atoms with Gasteiger partial charge in [-0.05, 0) is 50.7 Å². The van der Waals surface area contributed by atoms with Crippen LogP contribution in [0, 0.1) is 0 Å². The van der Waals surface area contributed by atoms with E-state index in [1.54, 1.807) is 0 Å². The summed E-state index contributed by atoms with van der Waals surface area (Å²) in [6, 6.07) is 10.1. The summed E-state index contributed by atoms with van der Waals surface area (Å²) in [5.74, 6) is 0. The van der Waals surface area contributed by atoms with E-state index in [1.807, 2.05) is 0 Å². The molecule has 2 unspecified atom stereocenters. The maximum absolute atomic E-state index is 5.81. The van der Waals surface area contributed by atoms with Crippen molar-refractivity contribution in [3.63, 3.8) is 0 Å². The van der Waals surface area contributed by atoms with E-state index in [1.165, 1.54) is 11.1 Å². The van der Waals surface area contributed by atoms with Crippen molar-refractivity contribution < 1.29 is 4.74 Å². The highest BCUT2D eigenvalue weighted by Crippen LogP contribution is 2.27. The minimum absolute atomic E-state index is 0.0142. The molecule has 112 valence electrons. The van der Waals surface area contributed by atoms with Crippen LogP contribution in [0.1, 0.15) is 64.1 Å². The van der Waals surface area contributed by atoms with Crippen molar-refractivity contribution in [3.05, 3.63) is 35.4 Å². The van der Waals surface area contributed by atoms with Crippen molar-refractivity contribution in [3.8, 4) is 0 Å². The molecular weight excluding hydrogens is 246 g/mol. The highest BCUT2D eigenvalue weighted by molar-refractivity contribution is 5.25. The van der Waals surface area contributed by atoms with Gasteiger partial charge in [-0.25, -0.2) is 0 Å². The molecule has 2 nitrogen and oxygen atoms in total. The van der Waals surface area contributed by atoms with Crippen molar-refractivity contribution in [2.24, 2.45) is 0 Å². The summed E-state index contributed by atoms with van der Waals surface area (Å²) in [4.78, 5) is 0. The summed E-state index contributed by atoms with van der Waals surface area (Å²) in [5.41, 5.74) is 2.84. The Hall–Kier alpha value is -0.860. The number of nitrogens with one attached hydrogen (secondary N) is 1. The van der Waals surface area contributed by atoms with Gasteiger partial charge in [0.1, 0.15) is 0 Å². The average molecular weight is 275 g/mol. The highest BCUT2D eigenvalue weighted by Gasteiger charge is 2.29. The molecule has 1 saturated heterocycles. The maximum Gasteiger partial charge on any atom is 0.0641 e. The third kappa shape index (κ3) is 4.07. The molecular formula is C18H29NO. The fourth-order valence-corrected chi connectivity index (χ4v) is 3.09. The Balaban J connectivity index is 2.00. The third-order valence-corrected chi connectivity index (χ3v) is 4.33. The Kier molecular flexibility index (Phi) is 5.22. The summed E-state index contributed by atoms with van der Waals surface area (Å²) in [6.07, 6.45) is 4.45. The normalized spacial score (nSPS) is 23.5. The monoisotopic (exact) mass is 275 g/mol. The molecule has 2 rings (SSSR count). The summed E-state index contributed by atoms with van der Waals surface area (Å²) < 4.78 is 5.81. The van der Waals surface area contributed by atoms with Crippen LogP contribution in [0.2, 0.25) is 0 Å². The van der Waals surface area contributed by atoms with Crippen LogP contribution in [0.4, 0.5) is 0 Å². The minimum Gasteiger partial charge on any atom is -0.375 e. The zero-order valence-electron chi connectivity index (χ0n) is 13.4. The molecule has 0 bridgehead atoms. The molecule has 1 aromatic rings. The molecule has 0 radical (unpaired) electrons. The van der Waals surface area contributed by atoms with Gasteiger partial charge in [0.25, 0.3) is 0 Å². The van der Waals surface area contributed by atoms with Gasteiger partial charge < -0.3 is 10.1 Å². The topological polar surface area (TPSA) is 21.3 Å². The Labute approximate surface area is 123 Å². The van der Waals surface area contributed by atoms with Crippen molar-refractivity contribution in [2.75, 3.05) is 6.61 Å². The molecule has 0 aromatic heterocycles. The van der Waals surface area contributed by atoms with Gasteiger partial charge in [0.15, 0.2) is 0 Å². The number of benzene rings is 1. The lowest BCUT2D eigenvalue weighted by atomic mass is 9.92. The molecule has 0 amide bonds.